The maximum atomic E-state index is 12.8. The molecule has 0 spiro atoms. The maximum absolute atomic E-state index is 12.8. The van der Waals surface area contributed by atoms with E-state index >= 15 is 0 Å². The Bertz CT molecular complexity index is 1330. The summed E-state index contributed by atoms with van der Waals surface area (Å²) < 4.78 is 16.8. The predicted molar refractivity (Wildman–Crippen MR) is 321 cm³/mol. The van der Waals surface area contributed by atoms with E-state index in [9.17, 15) is 14.4 Å². The highest BCUT2D eigenvalue weighted by Crippen LogP contribution is 2.18. The third-order valence-corrected chi connectivity index (χ3v) is 14.3. The second-order valence-electron chi connectivity index (χ2n) is 21.7. The quantitative estimate of drug-likeness (QED) is 0.0261. The molecular weight excluding hydrogens is 913 g/mol. The van der Waals surface area contributed by atoms with E-state index in [0.29, 0.717) is 19.3 Å². The van der Waals surface area contributed by atoms with Crippen LogP contribution in [0.4, 0.5) is 0 Å². The van der Waals surface area contributed by atoms with Crippen molar-refractivity contribution in [3.63, 3.8) is 0 Å². The molecule has 0 fully saturated rings. The molecule has 0 aromatic heterocycles. The highest BCUT2D eigenvalue weighted by molar-refractivity contribution is 5.71. The molecule has 0 saturated heterocycles. The first-order valence-corrected chi connectivity index (χ1v) is 32.3. The van der Waals surface area contributed by atoms with E-state index < -0.39 is 6.10 Å². The Hall–Kier alpha value is -2.89. The number of rotatable bonds is 59. The Morgan fingerprint density at radius 1 is 0.284 bits per heavy atom. The standard InChI is InChI=1S/C68H122O6/c1-4-7-10-13-16-18-20-22-24-26-27-28-29-30-31-32-33-34-35-36-37-38-39-40-42-43-45-47-49-52-55-58-61-67(70)73-64-65(63-72-66(69)60-57-54-51-15-12-9-6-3)74-68(71)62-59-56-53-50-48-46-44-41-25-23-21-19-17-14-11-8-5-2/h8,11,17,19,23,25,44,46,50,53,65H,4-7,9-10,12-16,18,20-22,24,26-43,45,47-49,51-52,54-64H2,1-3H3/b11-8-,19-17-,25-23-,46-44-,53-50-. The van der Waals surface area contributed by atoms with Crippen LogP contribution in [-0.2, 0) is 28.6 Å². The Kier molecular flexibility index (Phi) is 60.2. The first-order chi connectivity index (χ1) is 36.5. The summed E-state index contributed by atoms with van der Waals surface area (Å²) in [5.74, 6) is -0.946. The lowest BCUT2D eigenvalue weighted by molar-refractivity contribution is -0.167. The smallest absolute Gasteiger partial charge is 0.306 e. The molecule has 0 rings (SSSR count). The Morgan fingerprint density at radius 2 is 0.527 bits per heavy atom. The molecular formula is C68H122O6. The van der Waals surface area contributed by atoms with Gasteiger partial charge in [0.15, 0.2) is 6.10 Å². The van der Waals surface area contributed by atoms with Crippen LogP contribution in [0.5, 0.6) is 0 Å². The minimum Gasteiger partial charge on any atom is -0.462 e. The highest BCUT2D eigenvalue weighted by Gasteiger charge is 2.19. The van der Waals surface area contributed by atoms with Crippen LogP contribution in [0.15, 0.2) is 60.8 Å². The van der Waals surface area contributed by atoms with E-state index in [1.807, 2.05) is 0 Å². The lowest BCUT2D eigenvalue weighted by Gasteiger charge is -2.18. The van der Waals surface area contributed by atoms with E-state index in [0.717, 1.165) is 77.0 Å². The number of ether oxygens (including phenoxy) is 3. The molecule has 430 valence electrons. The van der Waals surface area contributed by atoms with Crippen molar-refractivity contribution in [2.75, 3.05) is 13.2 Å². The van der Waals surface area contributed by atoms with Crippen LogP contribution in [-0.4, -0.2) is 37.2 Å². The average Bonchev–Trinajstić information content (AvgIpc) is 3.40. The monoisotopic (exact) mass is 1030 g/mol. The van der Waals surface area contributed by atoms with Gasteiger partial charge >= 0.3 is 17.9 Å². The van der Waals surface area contributed by atoms with Crippen LogP contribution < -0.4 is 0 Å². The number of unbranched alkanes of at least 4 members (excludes halogenated alkanes) is 38. The summed E-state index contributed by atoms with van der Waals surface area (Å²) in [6, 6.07) is 0. The van der Waals surface area contributed by atoms with E-state index in [4.69, 9.17) is 14.2 Å². The molecule has 0 amide bonds. The Morgan fingerprint density at radius 3 is 0.811 bits per heavy atom. The molecule has 0 saturated carbocycles. The summed E-state index contributed by atoms with van der Waals surface area (Å²) in [6.45, 7) is 6.47. The minimum absolute atomic E-state index is 0.0936. The van der Waals surface area contributed by atoms with Gasteiger partial charge in [0.05, 0.1) is 0 Å². The van der Waals surface area contributed by atoms with Gasteiger partial charge in [-0.2, -0.15) is 0 Å². The van der Waals surface area contributed by atoms with Crippen molar-refractivity contribution in [1.82, 2.24) is 0 Å². The first-order valence-electron chi connectivity index (χ1n) is 32.3. The van der Waals surface area contributed by atoms with Gasteiger partial charge in [0.25, 0.3) is 0 Å². The van der Waals surface area contributed by atoms with Gasteiger partial charge in [-0.1, -0.05) is 319 Å². The van der Waals surface area contributed by atoms with Crippen LogP contribution in [0.3, 0.4) is 0 Å². The topological polar surface area (TPSA) is 78.9 Å². The van der Waals surface area contributed by atoms with Crippen LogP contribution in [0, 0.1) is 0 Å². The molecule has 0 aromatic rings. The second kappa shape index (κ2) is 62.6. The molecule has 74 heavy (non-hydrogen) atoms. The zero-order valence-corrected chi connectivity index (χ0v) is 49.4. The molecule has 6 nitrogen and oxygen atoms in total. The molecule has 1 atom stereocenters. The molecule has 0 aliphatic rings. The second-order valence-corrected chi connectivity index (χ2v) is 21.7. The van der Waals surface area contributed by atoms with Crippen LogP contribution >= 0.6 is 0 Å². The molecule has 6 heteroatoms. The third-order valence-electron chi connectivity index (χ3n) is 14.3. The van der Waals surface area contributed by atoms with Crippen LogP contribution in [0.25, 0.3) is 0 Å². The zero-order chi connectivity index (χ0) is 53.6. The first kappa shape index (κ1) is 71.1. The molecule has 1 unspecified atom stereocenters. The zero-order valence-electron chi connectivity index (χ0n) is 49.4. The van der Waals surface area contributed by atoms with E-state index in [1.165, 1.54) is 212 Å². The number of esters is 3. The van der Waals surface area contributed by atoms with E-state index in [1.54, 1.807) is 0 Å². The number of allylic oxidation sites excluding steroid dienone is 10. The van der Waals surface area contributed by atoms with Crippen molar-refractivity contribution in [2.45, 2.75) is 341 Å². The predicted octanol–water partition coefficient (Wildman–Crippen LogP) is 21.9. The fourth-order valence-corrected chi connectivity index (χ4v) is 9.48. The van der Waals surface area contributed by atoms with Gasteiger partial charge in [-0.3, -0.25) is 14.4 Å². The molecule has 0 aliphatic carbocycles. The molecule has 0 aliphatic heterocycles. The van der Waals surface area contributed by atoms with E-state index in [2.05, 4.69) is 81.5 Å². The molecule has 0 bridgehead atoms. The van der Waals surface area contributed by atoms with Gasteiger partial charge in [-0.15, -0.1) is 0 Å². The maximum Gasteiger partial charge on any atom is 0.306 e. The van der Waals surface area contributed by atoms with Crippen LogP contribution in [0.2, 0.25) is 0 Å². The van der Waals surface area contributed by atoms with Crippen molar-refractivity contribution in [1.29, 1.82) is 0 Å². The lowest BCUT2D eigenvalue weighted by atomic mass is 10.0. The summed E-state index contributed by atoms with van der Waals surface area (Å²) in [5, 5.41) is 0. The fraction of sp³-hybridized carbons (Fsp3) is 0.809. The summed E-state index contributed by atoms with van der Waals surface area (Å²) in [5.41, 5.74) is 0. The summed E-state index contributed by atoms with van der Waals surface area (Å²) in [7, 11) is 0. The van der Waals surface area contributed by atoms with Gasteiger partial charge in [-0.25, -0.2) is 0 Å². The fourth-order valence-electron chi connectivity index (χ4n) is 9.48. The number of carbonyl (C=O) groups is 3. The minimum atomic E-state index is -0.800. The van der Waals surface area contributed by atoms with Crippen molar-refractivity contribution in [3.05, 3.63) is 60.8 Å². The largest absolute Gasteiger partial charge is 0.462 e. The third kappa shape index (κ3) is 60.0. The van der Waals surface area contributed by atoms with Crippen molar-refractivity contribution >= 4 is 17.9 Å². The summed E-state index contributed by atoms with van der Waals surface area (Å²) in [6.07, 6.45) is 80.1. The van der Waals surface area contributed by atoms with Gasteiger partial charge in [0.1, 0.15) is 13.2 Å². The molecule has 0 aromatic carbocycles. The molecule has 0 heterocycles. The van der Waals surface area contributed by atoms with Crippen molar-refractivity contribution in [2.24, 2.45) is 0 Å². The van der Waals surface area contributed by atoms with Crippen LogP contribution in [0.1, 0.15) is 335 Å². The Labute approximate surface area is 460 Å². The number of hydrogen-bond acceptors (Lipinski definition) is 6. The van der Waals surface area contributed by atoms with E-state index in [-0.39, 0.29) is 37.5 Å². The highest BCUT2D eigenvalue weighted by atomic mass is 16.6. The van der Waals surface area contributed by atoms with Gasteiger partial charge in [0, 0.05) is 19.3 Å². The number of carbonyl (C=O) groups excluding carboxylic acids is 3. The Balaban J connectivity index is 4.02. The average molecular weight is 1040 g/mol. The molecule has 0 radical (unpaired) electrons. The normalized spacial score (nSPS) is 12.4. The SMILES string of the molecule is CC/C=C\C/C=C\C/C=C\C/C=C\C/C=C\CCCC(=O)OC(COC(=O)CCCCCCCCC)COC(=O)CCCCCCCCCCCCCCCCCCCCCCCCCCCCCCCCCC. The number of hydrogen-bond donors (Lipinski definition) is 0. The van der Waals surface area contributed by atoms with Gasteiger partial charge in [0.2, 0.25) is 0 Å². The summed E-state index contributed by atoms with van der Waals surface area (Å²) in [4.78, 5) is 38.0. The molecule has 0 N–H and O–H groups in total. The van der Waals surface area contributed by atoms with Crippen molar-refractivity contribution < 1.29 is 28.6 Å². The van der Waals surface area contributed by atoms with Gasteiger partial charge in [-0.05, 0) is 57.8 Å². The summed E-state index contributed by atoms with van der Waals surface area (Å²) >= 11 is 0. The lowest BCUT2D eigenvalue weighted by Crippen LogP contribution is -2.30. The van der Waals surface area contributed by atoms with Gasteiger partial charge < -0.3 is 14.2 Å². The van der Waals surface area contributed by atoms with Crippen molar-refractivity contribution in [3.8, 4) is 0 Å².